The van der Waals surface area contributed by atoms with Crippen molar-refractivity contribution in [3.63, 3.8) is 0 Å². The van der Waals surface area contributed by atoms with Crippen molar-refractivity contribution in [2.45, 2.75) is 19.9 Å². The maximum absolute atomic E-state index is 12.4. The summed E-state index contributed by atoms with van der Waals surface area (Å²) in [5.74, 6) is 0.568. The number of hydrogen-bond donors (Lipinski definition) is 2. The highest BCUT2D eigenvalue weighted by molar-refractivity contribution is 6.01. The number of aryl methyl sites for hydroxylation is 2. The van der Waals surface area contributed by atoms with Crippen molar-refractivity contribution < 1.29 is 9.21 Å². The summed E-state index contributed by atoms with van der Waals surface area (Å²) in [5.41, 5.74) is 5.45. The van der Waals surface area contributed by atoms with Crippen LogP contribution >= 0.6 is 12.4 Å². The first-order chi connectivity index (χ1) is 15.1. The number of aromatic nitrogens is 3. The Balaban J connectivity index is 0.00000245. The van der Waals surface area contributed by atoms with Gasteiger partial charge in [0.15, 0.2) is 5.76 Å². The van der Waals surface area contributed by atoms with E-state index in [2.05, 4.69) is 89.2 Å². The van der Waals surface area contributed by atoms with Crippen LogP contribution in [0.4, 0.5) is 11.9 Å². The Bertz CT molecular complexity index is 1260. The number of amides is 1. The van der Waals surface area contributed by atoms with Crippen molar-refractivity contribution in [1.82, 2.24) is 14.8 Å². The lowest BCUT2D eigenvalue weighted by Crippen LogP contribution is -2.20. The smallest absolute Gasteiger partial charge is 0.293 e. The first-order valence-corrected chi connectivity index (χ1v) is 10.0. The lowest BCUT2D eigenvalue weighted by molar-refractivity contribution is 0.0996. The van der Waals surface area contributed by atoms with E-state index in [9.17, 15) is 4.79 Å². The van der Waals surface area contributed by atoms with E-state index in [1.54, 1.807) is 16.8 Å². The van der Waals surface area contributed by atoms with Gasteiger partial charge in [-0.25, -0.2) is 4.68 Å². The maximum atomic E-state index is 12.4. The maximum Gasteiger partial charge on any atom is 0.293 e. The highest BCUT2D eigenvalue weighted by Gasteiger charge is 2.26. The van der Waals surface area contributed by atoms with Gasteiger partial charge in [-0.1, -0.05) is 59.7 Å². The number of rotatable bonds is 4. The molecule has 1 unspecified atom stereocenters. The second-order valence-corrected chi connectivity index (χ2v) is 7.56. The van der Waals surface area contributed by atoms with Gasteiger partial charge in [-0.05, 0) is 43.2 Å². The van der Waals surface area contributed by atoms with Gasteiger partial charge in [0.2, 0.25) is 5.95 Å². The molecule has 32 heavy (non-hydrogen) atoms. The number of anilines is 2. The fourth-order valence-corrected chi connectivity index (χ4v) is 3.52. The largest absolute Gasteiger partial charge is 0.459 e. The minimum absolute atomic E-state index is 0. The van der Waals surface area contributed by atoms with Crippen LogP contribution in [0.2, 0.25) is 0 Å². The number of carbonyl (C=O) groups is 1. The molecule has 0 fully saturated rings. The fourth-order valence-electron chi connectivity index (χ4n) is 3.52. The Hall–Kier alpha value is -3.84. The number of hydrogen-bond acceptors (Lipinski definition) is 5. The summed E-state index contributed by atoms with van der Waals surface area (Å²) in [6, 6.07) is 19.7. The van der Waals surface area contributed by atoms with E-state index in [-0.39, 0.29) is 30.2 Å². The van der Waals surface area contributed by atoms with E-state index in [1.807, 2.05) is 0 Å². The van der Waals surface area contributed by atoms with Gasteiger partial charge in [0.25, 0.3) is 11.9 Å². The number of nitrogens with one attached hydrogen (secondary N) is 2. The number of halogens is 1. The van der Waals surface area contributed by atoms with Gasteiger partial charge in [-0.15, -0.1) is 17.5 Å². The predicted molar refractivity (Wildman–Crippen MR) is 126 cm³/mol. The van der Waals surface area contributed by atoms with E-state index in [1.165, 1.54) is 17.4 Å². The first-order valence-electron chi connectivity index (χ1n) is 10.0. The summed E-state index contributed by atoms with van der Waals surface area (Å²) in [5, 5.41) is 10.6. The molecule has 2 aromatic heterocycles. The summed E-state index contributed by atoms with van der Waals surface area (Å²) in [6.45, 7) is 4.12. The third-order valence-electron chi connectivity index (χ3n) is 5.22. The van der Waals surface area contributed by atoms with E-state index < -0.39 is 5.91 Å². The van der Waals surface area contributed by atoms with Gasteiger partial charge in [-0.2, -0.15) is 4.98 Å². The molecule has 1 amide bonds. The highest BCUT2D eigenvalue weighted by Crippen LogP contribution is 2.33. The van der Waals surface area contributed by atoms with Crippen molar-refractivity contribution in [3.8, 4) is 0 Å². The van der Waals surface area contributed by atoms with Crippen molar-refractivity contribution in [2.24, 2.45) is 0 Å². The van der Waals surface area contributed by atoms with Crippen molar-refractivity contribution >= 4 is 35.9 Å². The zero-order valence-electron chi connectivity index (χ0n) is 17.6. The third kappa shape index (κ3) is 4.15. The lowest BCUT2D eigenvalue weighted by Gasteiger charge is -2.24. The zero-order chi connectivity index (χ0) is 21.4. The summed E-state index contributed by atoms with van der Waals surface area (Å²) >= 11 is 0. The molecule has 0 bridgehead atoms. The van der Waals surface area contributed by atoms with Crippen LogP contribution in [0.25, 0.3) is 5.70 Å². The quantitative estimate of drug-likeness (QED) is 0.448. The number of allylic oxidation sites excluding steroid dienone is 1. The molecule has 0 aliphatic carbocycles. The molecule has 1 aliphatic rings. The number of nitrogens with zero attached hydrogens (tertiary/aromatic N) is 3. The average molecular weight is 448 g/mol. The molecule has 3 heterocycles. The minimum atomic E-state index is -0.397. The van der Waals surface area contributed by atoms with Crippen LogP contribution in [-0.2, 0) is 0 Å². The first kappa shape index (κ1) is 21.4. The Morgan fingerprint density at radius 2 is 1.72 bits per heavy atom. The molecule has 0 radical (unpaired) electrons. The van der Waals surface area contributed by atoms with Crippen molar-refractivity contribution in [2.75, 3.05) is 10.6 Å². The summed E-state index contributed by atoms with van der Waals surface area (Å²) < 4.78 is 6.93. The van der Waals surface area contributed by atoms with Crippen LogP contribution in [0.5, 0.6) is 0 Å². The van der Waals surface area contributed by atoms with E-state index >= 15 is 0 Å². The lowest BCUT2D eigenvalue weighted by atomic mass is 10.0. The Labute approximate surface area is 191 Å². The summed E-state index contributed by atoms with van der Waals surface area (Å²) in [6.07, 6.45) is 3.57. The molecule has 0 saturated heterocycles. The molecule has 1 atom stereocenters. The zero-order valence-corrected chi connectivity index (χ0v) is 18.4. The topological polar surface area (TPSA) is 85.0 Å². The third-order valence-corrected chi connectivity index (χ3v) is 5.22. The molecule has 2 N–H and O–H groups in total. The van der Waals surface area contributed by atoms with Crippen molar-refractivity contribution in [3.05, 3.63) is 101 Å². The number of carbonyl (C=O) groups excluding carboxylic acids is 1. The van der Waals surface area contributed by atoms with E-state index in [0.29, 0.717) is 5.95 Å². The second-order valence-electron chi connectivity index (χ2n) is 7.56. The van der Waals surface area contributed by atoms with E-state index in [4.69, 9.17) is 4.42 Å². The Morgan fingerprint density at radius 3 is 2.38 bits per heavy atom. The number of benzene rings is 2. The van der Waals surface area contributed by atoms with E-state index in [0.717, 1.165) is 16.8 Å². The summed E-state index contributed by atoms with van der Waals surface area (Å²) in [4.78, 5) is 16.9. The highest BCUT2D eigenvalue weighted by atomic mass is 35.5. The monoisotopic (exact) mass is 447 g/mol. The number of furan rings is 1. The number of fused-ring (bicyclic) bond motifs is 1. The van der Waals surface area contributed by atoms with Gasteiger partial charge in [0.1, 0.15) is 6.04 Å². The average Bonchev–Trinajstić information content (AvgIpc) is 3.44. The van der Waals surface area contributed by atoms with Crippen LogP contribution in [0.3, 0.4) is 0 Å². The summed E-state index contributed by atoms with van der Waals surface area (Å²) in [7, 11) is 0. The predicted octanol–water partition coefficient (Wildman–Crippen LogP) is 5.22. The van der Waals surface area contributed by atoms with Crippen LogP contribution in [0.15, 0.2) is 77.4 Å². The van der Waals surface area contributed by atoms with Crippen LogP contribution in [0, 0.1) is 13.8 Å². The fraction of sp³-hybridized carbons (Fsp3) is 0.125. The van der Waals surface area contributed by atoms with Gasteiger partial charge < -0.3 is 9.73 Å². The molecule has 4 aromatic rings. The van der Waals surface area contributed by atoms with Crippen LogP contribution < -0.4 is 10.6 Å². The molecule has 0 saturated carbocycles. The Morgan fingerprint density at radius 1 is 1.03 bits per heavy atom. The molecule has 1 aliphatic heterocycles. The van der Waals surface area contributed by atoms with Gasteiger partial charge >= 0.3 is 0 Å². The molecule has 8 heteroatoms. The van der Waals surface area contributed by atoms with Crippen LogP contribution in [0.1, 0.15) is 38.9 Å². The SMILES string of the molecule is Cc1ccc(C2=CC(c3ccc(C)cc3)n3nc(NC(=O)c4ccco4)nc3N2)cc1.Cl. The minimum Gasteiger partial charge on any atom is -0.459 e. The molecule has 162 valence electrons. The molecule has 2 aromatic carbocycles. The van der Waals surface area contributed by atoms with Gasteiger partial charge in [-0.3, -0.25) is 10.1 Å². The normalized spacial score (nSPS) is 14.6. The molecular weight excluding hydrogens is 426 g/mol. The molecule has 0 spiro atoms. The second kappa shape index (κ2) is 8.72. The molecule has 7 nitrogen and oxygen atoms in total. The van der Waals surface area contributed by atoms with Crippen molar-refractivity contribution in [1.29, 1.82) is 0 Å². The molecule has 5 rings (SSSR count). The Kier molecular flexibility index (Phi) is 5.83. The van der Waals surface area contributed by atoms with Gasteiger partial charge in [0, 0.05) is 5.70 Å². The standard InChI is InChI=1S/C24H21N5O2.ClH/c1-15-5-9-17(10-6-15)19-14-20(18-11-7-16(2)8-12-18)29-24(25-19)27-23(28-29)26-22(30)21-4-3-13-31-21;/h3-14,20H,1-2H3,(H2,25,26,27,28,30);1H. The molecular formula is C24H22ClN5O2. The van der Waals surface area contributed by atoms with Gasteiger partial charge in [0.05, 0.1) is 6.26 Å². The van der Waals surface area contributed by atoms with Crippen LogP contribution in [-0.4, -0.2) is 20.7 Å².